The zero-order valence-corrected chi connectivity index (χ0v) is 14.5. The third-order valence-electron chi connectivity index (χ3n) is 4.18. The van der Waals surface area contributed by atoms with Gasteiger partial charge in [-0.3, -0.25) is 14.9 Å². The molecule has 0 atom stereocenters. The first-order chi connectivity index (χ1) is 12.0. The lowest BCUT2D eigenvalue weighted by Crippen LogP contribution is -2.33. The van der Waals surface area contributed by atoms with Crippen LogP contribution in [-0.2, 0) is 6.54 Å². The Bertz CT molecular complexity index is 824. The van der Waals surface area contributed by atoms with E-state index >= 15 is 0 Å². The molecule has 1 aliphatic rings. The van der Waals surface area contributed by atoms with Crippen molar-refractivity contribution in [3.8, 4) is 0 Å². The molecular weight excluding hydrogens is 343 g/mol. The monoisotopic (exact) mass is 360 g/mol. The van der Waals surface area contributed by atoms with E-state index in [4.69, 9.17) is 0 Å². The molecule has 7 heteroatoms. The number of rotatable bonds is 6. The molecule has 0 N–H and O–H groups in total. The van der Waals surface area contributed by atoms with E-state index in [1.54, 1.807) is 35.2 Å². The molecule has 1 saturated carbocycles. The van der Waals surface area contributed by atoms with Gasteiger partial charge < -0.3 is 4.90 Å². The highest BCUT2D eigenvalue weighted by Crippen LogP contribution is 2.33. The first-order valence-electron chi connectivity index (χ1n) is 7.88. The van der Waals surface area contributed by atoms with E-state index in [-0.39, 0.29) is 29.7 Å². The van der Waals surface area contributed by atoms with Crippen molar-refractivity contribution in [2.75, 3.05) is 6.26 Å². The van der Waals surface area contributed by atoms with Crippen molar-refractivity contribution in [1.82, 2.24) is 4.90 Å². The van der Waals surface area contributed by atoms with Gasteiger partial charge in [0.2, 0.25) is 0 Å². The van der Waals surface area contributed by atoms with Gasteiger partial charge in [0.05, 0.1) is 4.92 Å². The Morgan fingerprint density at radius 1 is 1.32 bits per heavy atom. The SMILES string of the molecule is CSc1ccc([N+](=O)[O-])c(C(=O)N(Cc2ccccc2F)C2CC2)c1. The number of halogens is 1. The van der Waals surface area contributed by atoms with Gasteiger partial charge in [-0.25, -0.2) is 4.39 Å². The van der Waals surface area contributed by atoms with E-state index in [0.29, 0.717) is 5.56 Å². The number of benzene rings is 2. The fourth-order valence-electron chi connectivity index (χ4n) is 2.69. The molecule has 0 aromatic heterocycles. The highest BCUT2D eigenvalue weighted by atomic mass is 32.2. The van der Waals surface area contributed by atoms with Crippen LogP contribution in [0.15, 0.2) is 47.4 Å². The molecule has 1 amide bonds. The highest BCUT2D eigenvalue weighted by molar-refractivity contribution is 7.98. The quantitative estimate of drug-likeness (QED) is 0.439. The molecule has 0 saturated heterocycles. The Kier molecular flexibility index (Phi) is 5.03. The van der Waals surface area contributed by atoms with E-state index in [2.05, 4.69) is 0 Å². The van der Waals surface area contributed by atoms with Crippen molar-refractivity contribution in [3.05, 3.63) is 69.5 Å². The summed E-state index contributed by atoms with van der Waals surface area (Å²) in [6, 6.07) is 10.8. The third kappa shape index (κ3) is 3.82. The molecule has 1 aliphatic carbocycles. The Labute approximate surface area is 149 Å². The van der Waals surface area contributed by atoms with Gasteiger partial charge in [0.15, 0.2) is 0 Å². The summed E-state index contributed by atoms with van der Waals surface area (Å²) in [5, 5.41) is 11.3. The second kappa shape index (κ2) is 7.23. The molecule has 0 spiro atoms. The molecule has 130 valence electrons. The second-order valence-corrected chi connectivity index (χ2v) is 6.78. The van der Waals surface area contributed by atoms with Crippen LogP contribution in [0.4, 0.5) is 10.1 Å². The van der Waals surface area contributed by atoms with E-state index in [0.717, 1.165) is 17.7 Å². The van der Waals surface area contributed by atoms with E-state index in [1.165, 1.54) is 23.9 Å². The number of nitro benzene ring substituents is 1. The zero-order chi connectivity index (χ0) is 18.0. The van der Waals surface area contributed by atoms with Crippen LogP contribution in [0.2, 0.25) is 0 Å². The number of carbonyl (C=O) groups excluding carboxylic acids is 1. The number of thioether (sulfide) groups is 1. The van der Waals surface area contributed by atoms with Gasteiger partial charge in [0.25, 0.3) is 11.6 Å². The molecule has 2 aromatic rings. The average molecular weight is 360 g/mol. The Morgan fingerprint density at radius 2 is 2.04 bits per heavy atom. The summed E-state index contributed by atoms with van der Waals surface area (Å²) in [5.41, 5.74) is 0.244. The first kappa shape index (κ1) is 17.4. The summed E-state index contributed by atoms with van der Waals surface area (Å²) in [5.74, 6) is -0.804. The van der Waals surface area contributed by atoms with Gasteiger partial charge in [0.1, 0.15) is 11.4 Å². The summed E-state index contributed by atoms with van der Waals surface area (Å²) in [6.45, 7) is 0.108. The number of hydrogen-bond acceptors (Lipinski definition) is 4. The molecule has 0 unspecified atom stereocenters. The lowest BCUT2D eigenvalue weighted by molar-refractivity contribution is -0.385. The first-order valence-corrected chi connectivity index (χ1v) is 9.10. The van der Waals surface area contributed by atoms with Gasteiger partial charge in [0, 0.05) is 29.1 Å². The van der Waals surface area contributed by atoms with Crippen LogP contribution in [0.5, 0.6) is 0 Å². The van der Waals surface area contributed by atoms with Crippen LogP contribution in [0.25, 0.3) is 0 Å². The summed E-state index contributed by atoms with van der Waals surface area (Å²) in [7, 11) is 0. The predicted octanol–water partition coefficient (Wildman–Crippen LogP) is 4.26. The smallest absolute Gasteiger partial charge is 0.282 e. The molecule has 25 heavy (non-hydrogen) atoms. The Morgan fingerprint density at radius 3 is 2.64 bits per heavy atom. The normalized spacial score (nSPS) is 13.5. The Hall–Kier alpha value is -2.41. The van der Waals surface area contributed by atoms with Crippen molar-refractivity contribution >= 4 is 23.4 Å². The van der Waals surface area contributed by atoms with E-state index < -0.39 is 10.8 Å². The highest BCUT2D eigenvalue weighted by Gasteiger charge is 2.36. The maximum absolute atomic E-state index is 14.0. The maximum atomic E-state index is 14.0. The summed E-state index contributed by atoms with van der Waals surface area (Å²) in [6.07, 6.45) is 3.50. The van der Waals surface area contributed by atoms with Crippen molar-refractivity contribution < 1.29 is 14.1 Å². The van der Waals surface area contributed by atoms with Gasteiger partial charge >= 0.3 is 0 Å². The molecular formula is C18H17FN2O3S. The zero-order valence-electron chi connectivity index (χ0n) is 13.6. The van der Waals surface area contributed by atoms with Gasteiger partial charge in [-0.15, -0.1) is 11.8 Å². The van der Waals surface area contributed by atoms with E-state index in [1.807, 2.05) is 6.26 Å². The number of hydrogen-bond donors (Lipinski definition) is 0. The lowest BCUT2D eigenvalue weighted by atomic mass is 10.1. The largest absolute Gasteiger partial charge is 0.331 e. The minimum atomic E-state index is -0.550. The Balaban J connectivity index is 1.96. The number of nitrogens with zero attached hydrogens (tertiary/aromatic N) is 2. The van der Waals surface area contributed by atoms with Gasteiger partial charge in [-0.2, -0.15) is 0 Å². The topological polar surface area (TPSA) is 63.5 Å². The molecule has 3 rings (SSSR count). The minimum Gasteiger partial charge on any atom is -0.331 e. The predicted molar refractivity (Wildman–Crippen MR) is 94.2 cm³/mol. The average Bonchev–Trinajstić information content (AvgIpc) is 3.44. The fourth-order valence-corrected chi connectivity index (χ4v) is 3.13. The minimum absolute atomic E-state index is 0.00430. The van der Waals surface area contributed by atoms with Crippen molar-refractivity contribution in [2.45, 2.75) is 30.3 Å². The van der Waals surface area contributed by atoms with Crippen molar-refractivity contribution in [1.29, 1.82) is 0 Å². The van der Waals surface area contributed by atoms with Gasteiger partial charge in [-0.1, -0.05) is 18.2 Å². The summed E-state index contributed by atoms with van der Waals surface area (Å²) < 4.78 is 14.0. The molecule has 0 aliphatic heterocycles. The van der Waals surface area contributed by atoms with Crippen LogP contribution in [-0.4, -0.2) is 28.0 Å². The van der Waals surface area contributed by atoms with Crippen molar-refractivity contribution in [2.24, 2.45) is 0 Å². The molecule has 0 heterocycles. The van der Waals surface area contributed by atoms with Crippen LogP contribution in [0.1, 0.15) is 28.8 Å². The number of nitro groups is 1. The summed E-state index contributed by atoms with van der Waals surface area (Å²) >= 11 is 1.41. The summed E-state index contributed by atoms with van der Waals surface area (Å²) in [4.78, 5) is 26.1. The standard InChI is InChI=1S/C18H17FN2O3S/c1-25-14-8-9-17(21(23)24)15(10-14)18(22)20(13-6-7-13)11-12-4-2-3-5-16(12)19/h2-5,8-10,13H,6-7,11H2,1H3. The lowest BCUT2D eigenvalue weighted by Gasteiger charge is -2.23. The number of amides is 1. The fraction of sp³-hybridized carbons (Fsp3) is 0.278. The molecule has 0 radical (unpaired) electrons. The van der Waals surface area contributed by atoms with Gasteiger partial charge in [-0.05, 0) is 37.3 Å². The van der Waals surface area contributed by atoms with Crippen LogP contribution in [0, 0.1) is 15.9 Å². The van der Waals surface area contributed by atoms with Crippen molar-refractivity contribution in [3.63, 3.8) is 0 Å². The maximum Gasteiger partial charge on any atom is 0.282 e. The third-order valence-corrected chi connectivity index (χ3v) is 4.90. The molecule has 0 bridgehead atoms. The molecule has 5 nitrogen and oxygen atoms in total. The van der Waals surface area contributed by atoms with Crippen LogP contribution < -0.4 is 0 Å². The molecule has 2 aromatic carbocycles. The van der Waals surface area contributed by atoms with E-state index in [9.17, 15) is 19.3 Å². The number of carbonyl (C=O) groups is 1. The second-order valence-electron chi connectivity index (χ2n) is 5.90. The molecule has 1 fully saturated rings. The van der Waals surface area contributed by atoms with Crippen LogP contribution >= 0.6 is 11.8 Å². The van der Waals surface area contributed by atoms with Crippen LogP contribution in [0.3, 0.4) is 0 Å².